The van der Waals surface area contributed by atoms with E-state index in [9.17, 15) is 9.90 Å². The van der Waals surface area contributed by atoms with E-state index < -0.39 is 0 Å². The molecule has 1 N–H and O–H groups in total. The van der Waals surface area contributed by atoms with Gasteiger partial charge in [-0.2, -0.15) is 5.10 Å². The van der Waals surface area contributed by atoms with E-state index in [1.807, 2.05) is 24.7 Å². The van der Waals surface area contributed by atoms with Gasteiger partial charge in [-0.05, 0) is 18.9 Å². The molecule has 7 heteroatoms. The van der Waals surface area contributed by atoms with Crippen LogP contribution >= 0.6 is 11.3 Å². The maximum absolute atomic E-state index is 12.9. The average molecular weight is 337 g/mol. The Bertz CT molecular complexity index is 722. The van der Waals surface area contributed by atoms with Crippen molar-refractivity contribution in [3.63, 3.8) is 0 Å². The molecule has 2 aromatic rings. The summed E-state index contributed by atoms with van der Waals surface area (Å²) in [7, 11) is 1.91. The Morgan fingerprint density at radius 2 is 2.30 bits per heavy atom. The summed E-state index contributed by atoms with van der Waals surface area (Å²) in [4.78, 5) is 16.5. The number of aromatic nitrogens is 2. The fraction of sp³-hybridized carbons (Fsp3) is 0.625. The summed E-state index contributed by atoms with van der Waals surface area (Å²) < 4.78 is 7.37. The van der Waals surface area contributed by atoms with Gasteiger partial charge in [0.1, 0.15) is 4.83 Å². The van der Waals surface area contributed by atoms with E-state index >= 15 is 0 Å². The second-order valence-corrected chi connectivity index (χ2v) is 7.47. The van der Waals surface area contributed by atoms with Crippen LogP contribution in [0.1, 0.15) is 42.1 Å². The number of carbonyl (C=O) groups excluding carboxylic acids is 1. The minimum atomic E-state index is -0.294. The van der Waals surface area contributed by atoms with Gasteiger partial charge in [0.05, 0.1) is 35.9 Å². The number of morpholine rings is 1. The fourth-order valence-electron chi connectivity index (χ4n) is 2.95. The highest BCUT2D eigenvalue weighted by atomic mass is 32.1. The molecule has 0 radical (unpaired) electrons. The lowest BCUT2D eigenvalue weighted by molar-refractivity contribution is -0.0666. The maximum atomic E-state index is 12.9. The van der Waals surface area contributed by atoms with E-state index in [-0.39, 0.29) is 24.7 Å². The zero-order chi connectivity index (χ0) is 16.7. The molecule has 126 valence electrons. The molecule has 6 nitrogen and oxygen atoms in total. The third kappa shape index (κ3) is 2.88. The number of rotatable bonds is 3. The average Bonchev–Trinajstić information content (AvgIpc) is 3.08. The van der Waals surface area contributed by atoms with Crippen LogP contribution in [0.15, 0.2) is 6.07 Å². The Labute approximate surface area is 139 Å². The molecular weight excluding hydrogens is 314 g/mol. The van der Waals surface area contributed by atoms with Crippen molar-refractivity contribution in [2.45, 2.75) is 38.8 Å². The number of aryl methyl sites for hydroxylation is 1. The predicted molar refractivity (Wildman–Crippen MR) is 90.0 cm³/mol. The lowest BCUT2D eigenvalue weighted by atomic mass is 10.1. The van der Waals surface area contributed by atoms with Gasteiger partial charge in [-0.1, -0.05) is 13.8 Å². The first-order valence-electron chi connectivity index (χ1n) is 7.92. The quantitative estimate of drug-likeness (QED) is 0.930. The van der Waals surface area contributed by atoms with Crippen LogP contribution in [-0.2, 0) is 11.8 Å². The van der Waals surface area contributed by atoms with Crippen molar-refractivity contribution in [2.75, 3.05) is 19.8 Å². The smallest absolute Gasteiger partial charge is 0.264 e. The van der Waals surface area contributed by atoms with Crippen LogP contribution in [0.2, 0.25) is 0 Å². The summed E-state index contributed by atoms with van der Waals surface area (Å²) >= 11 is 1.48. The Morgan fingerprint density at radius 3 is 2.96 bits per heavy atom. The second-order valence-electron chi connectivity index (χ2n) is 6.44. The normalized spacial score (nSPS) is 22.3. The van der Waals surface area contributed by atoms with Gasteiger partial charge in [0.25, 0.3) is 5.91 Å². The first-order chi connectivity index (χ1) is 10.9. The summed E-state index contributed by atoms with van der Waals surface area (Å²) in [6.45, 7) is 7.01. The van der Waals surface area contributed by atoms with Crippen molar-refractivity contribution in [1.29, 1.82) is 0 Å². The van der Waals surface area contributed by atoms with Crippen LogP contribution in [0.25, 0.3) is 10.2 Å². The number of aliphatic hydroxyl groups is 1. The Morgan fingerprint density at radius 1 is 1.57 bits per heavy atom. The van der Waals surface area contributed by atoms with Gasteiger partial charge in [-0.3, -0.25) is 9.48 Å². The van der Waals surface area contributed by atoms with Crippen molar-refractivity contribution in [2.24, 2.45) is 7.05 Å². The van der Waals surface area contributed by atoms with Gasteiger partial charge < -0.3 is 14.7 Å². The highest BCUT2D eigenvalue weighted by Crippen LogP contribution is 2.32. The maximum Gasteiger partial charge on any atom is 0.264 e. The summed E-state index contributed by atoms with van der Waals surface area (Å²) in [6, 6.07) is 1.97. The number of hydrogen-bond acceptors (Lipinski definition) is 5. The molecule has 1 fully saturated rings. The molecule has 23 heavy (non-hydrogen) atoms. The van der Waals surface area contributed by atoms with Crippen LogP contribution in [0.5, 0.6) is 0 Å². The minimum absolute atomic E-state index is 0.00940. The van der Waals surface area contributed by atoms with Crippen molar-refractivity contribution in [1.82, 2.24) is 14.7 Å². The number of hydrogen-bond donors (Lipinski definition) is 1. The van der Waals surface area contributed by atoms with Crippen molar-refractivity contribution in [3.05, 3.63) is 16.6 Å². The molecule has 3 rings (SSSR count). The number of nitrogens with zero attached hydrogens (tertiary/aromatic N) is 3. The van der Waals surface area contributed by atoms with E-state index in [1.165, 1.54) is 11.3 Å². The lowest BCUT2D eigenvalue weighted by Crippen LogP contribution is -2.51. The van der Waals surface area contributed by atoms with Crippen LogP contribution in [-0.4, -0.2) is 57.6 Å². The fourth-order valence-corrected chi connectivity index (χ4v) is 3.99. The van der Waals surface area contributed by atoms with E-state index in [2.05, 4.69) is 18.9 Å². The third-order valence-electron chi connectivity index (χ3n) is 4.27. The van der Waals surface area contributed by atoms with E-state index in [1.54, 1.807) is 4.90 Å². The first kappa shape index (κ1) is 16.4. The van der Waals surface area contributed by atoms with Gasteiger partial charge >= 0.3 is 0 Å². The molecule has 0 spiro atoms. The molecule has 2 aromatic heterocycles. The molecule has 0 saturated carbocycles. The summed E-state index contributed by atoms with van der Waals surface area (Å²) in [6.07, 6.45) is -0.294. The van der Waals surface area contributed by atoms with Crippen molar-refractivity contribution < 1.29 is 14.6 Å². The van der Waals surface area contributed by atoms with Crippen LogP contribution in [0.3, 0.4) is 0 Å². The number of aliphatic hydroxyl groups excluding tert-OH is 1. The molecular formula is C16H23N3O3S. The summed E-state index contributed by atoms with van der Waals surface area (Å²) in [5.41, 5.74) is 1.03. The molecule has 3 heterocycles. The zero-order valence-electron chi connectivity index (χ0n) is 13.9. The third-order valence-corrected chi connectivity index (χ3v) is 5.46. The molecule has 2 unspecified atom stereocenters. The van der Waals surface area contributed by atoms with Gasteiger partial charge in [0.2, 0.25) is 0 Å². The Kier molecular flexibility index (Phi) is 4.44. The van der Waals surface area contributed by atoms with Gasteiger partial charge in [0, 0.05) is 19.0 Å². The SMILES string of the molecule is CC(C)c1nn(C)c2sc(C(=O)N3CC(CO)OCC3C)cc12. The van der Waals surface area contributed by atoms with Crippen LogP contribution < -0.4 is 0 Å². The molecule has 0 aliphatic carbocycles. The zero-order valence-corrected chi connectivity index (χ0v) is 14.8. The lowest BCUT2D eigenvalue weighted by Gasteiger charge is -2.37. The molecule has 1 amide bonds. The second kappa shape index (κ2) is 6.22. The topological polar surface area (TPSA) is 67.6 Å². The predicted octanol–water partition coefficient (Wildman–Crippen LogP) is 1.98. The van der Waals surface area contributed by atoms with Gasteiger partial charge in [0.15, 0.2) is 0 Å². The molecule has 1 saturated heterocycles. The summed E-state index contributed by atoms with van der Waals surface area (Å²) in [5.74, 6) is 0.326. The van der Waals surface area contributed by atoms with Crippen molar-refractivity contribution >= 4 is 27.5 Å². The minimum Gasteiger partial charge on any atom is -0.394 e. The number of fused-ring (bicyclic) bond motifs is 1. The number of thiophene rings is 1. The highest BCUT2D eigenvalue weighted by molar-refractivity contribution is 7.20. The summed E-state index contributed by atoms with van der Waals surface area (Å²) in [5, 5.41) is 14.9. The first-order valence-corrected chi connectivity index (χ1v) is 8.73. The molecule has 0 bridgehead atoms. The van der Waals surface area contributed by atoms with E-state index in [0.29, 0.717) is 19.1 Å². The van der Waals surface area contributed by atoms with E-state index in [0.717, 1.165) is 20.8 Å². The Balaban J connectivity index is 1.93. The molecule has 2 atom stereocenters. The van der Waals surface area contributed by atoms with E-state index in [4.69, 9.17) is 4.74 Å². The van der Waals surface area contributed by atoms with Gasteiger partial charge in [-0.25, -0.2) is 0 Å². The Hall–Kier alpha value is -1.44. The molecule has 0 aromatic carbocycles. The largest absolute Gasteiger partial charge is 0.394 e. The number of amides is 1. The standard InChI is InChI=1S/C16H23N3O3S/c1-9(2)14-12-5-13(23-16(12)18(4)17-14)15(21)19-6-11(7-20)22-8-10(19)3/h5,9-11,20H,6-8H2,1-4H3. The monoisotopic (exact) mass is 337 g/mol. The highest BCUT2D eigenvalue weighted by Gasteiger charge is 2.31. The van der Waals surface area contributed by atoms with Gasteiger partial charge in [-0.15, -0.1) is 11.3 Å². The number of carbonyl (C=O) groups is 1. The number of ether oxygens (including phenoxy) is 1. The van der Waals surface area contributed by atoms with Crippen molar-refractivity contribution in [3.8, 4) is 0 Å². The molecule has 1 aliphatic heterocycles. The van der Waals surface area contributed by atoms with Crippen LogP contribution in [0.4, 0.5) is 0 Å². The van der Waals surface area contributed by atoms with Crippen LogP contribution in [0, 0.1) is 0 Å². The molecule has 1 aliphatic rings.